The largest absolute Gasteiger partial charge is 0.456 e. The van der Waals surface area contributed by atoms with E-state index in [9.17, 15) is 0 Å². The SMILES string of the molecule is Cc1ccc2c(c1)oc1ccc(-c3ccc4nc(-c5ccccc5)oc4c3)cc12. The third-order valence-electron chi connectivity index (χ3n) is 5.37. The summed E-state index contributed by atoms with van der Waals surface area (Å²) in [7, 11) is 0. The number of hydrogen-bond acceptors (Lipinski definition) is 3. The molecule has 0 spiro atoms. The second-order valence-corrected chi connectivity index (χ2v) is 7.38. The highest BCUT2D eigenvalue weighted by atomic mass is 16.3. The van der Waals surface area contributed by atoms with E-state index in [0.717, 1.165) is 49.7 Å². The van der Waals surface area contributed by atoms with Gasteiger partial charge in [-0.2, -0.15) is 0 Å². The zero-order valence-corrected chi connectivity index (χ0v) is 15.8. The van der Waals surface area contributed by atoms with Crippen LogP contribution in [-0.4, -0.2) is 4.98 Å². The molecule has 0 bridgehead atoms. The standard InChI is InChI=1S/C26H17NO2/c1-16-7-10-20-21-14-18(9-12-23(21)28-24(20)13-16)19-8-11-22-25(15-19)29-26(27-22)17-5-3-2-4-6-17/h2-15H,1H3. The Morgan fingerprint density at radius 1 is 0.586 bits per heavy atom. The van der Waals surface area contributed by atoms with Crippen LogP contribution < -0.4 is 0 Å². The van der Waals surface area contributed by atoms with Crippen LogP contribution in [0.25, 0.3) is 55.6 Å². The van der Waals surface area contributed by atoms with E-state index >= 15 is 0 Å². The Kier molecular flexibility index (Phi) is 3.38. The van der Waals surface area contributed by atoms with Crippen molar-refractivity contribution in [3.8, 4) is 22.6 Å². The number of furan rings is 1. The van der Waals surface area contributed by atoms with Gasteiger partial charge in [0.25, 0.3) is 0 Å². The molecule has 0 aliphatic rings. The quantitative estimate of drug-likeness (QED) is 0.317. The fraction of sp³-hybridized carbons (Fsp3) is 0.0385. The predicted molar refractivity (Wildman–Crippen MR) is 117 cm³/mol. The van der Waals surface area contributed by atoms with E-state index < -0.39 is 0 Å². The van der Waals surface area contributed by atoms with Crippen molar-refractivity contribution in [3.63, 3.8) is 0 Å². The molecule has 0 radical (unpaired) electrons. The van der Waals surface area contributed by atoms with Crippen molar-refractivity contribution in [1.82, 2.24) is 4.98 Å². The summed E-state index contributed by atoms with van der Waals surface area (Å²) in [5, 5.41) is 2.26. The van der Waals surface area contributed by atoms with Crippen LogP contribution in [0.5, 0.6) is 0 Å². The van der Waals surface area contributed by atoms with Crippen LogP contribution >= 0.6 is 0 Å². The van der Waals surface area contributed by atoms with Gasteiger partial charge in [-0.25, -0.2) is 4.98 Å². The molecule has 6 aromatic rings. The lowest BCUT2D eigenvalue weighted by atomic mass is 10.0. The molecule has 29 heavy (non-hydrogen) atoms. The second kappa shape index (κ2) is 6.08. The predicted octanol–water partition coefficient (Wildman–Crippen LogP) is 7.37. The Morgan fingerprint density at radius 2 is 1.41 bits per heavy atom. The Balaban J connectivity index is 1.48. The molecule has 2 aromatic heterocycles. The summed E-state index contributed by atoms with van der Waals surface area (Å²) < 4.78 is 12.1. The summed E-state index contributed by atoms with van der Waals surface area (Å²) >= 11 is 0. The molecule has 0 atom stereocenters. The second-order valence-electron chi connectivity index (χ2n) is 7.38. The molecular weight excluding hydrogens is 358 g/mol. The van der Waals surface area contributed by atoms with Crippen LogP contribution in [0, 0.1) is 6.92 Å². The fourth-order valence-electron chi connectivity index (χ4n) is 3.87. The zero-order valence-electron chi connectivity index (χ0n) is 15.8. The van der Waals surface area contributed by atoms with Crippen molar-refractivity contribution in [2.45, 2.75) is 6.92 Å². The molecular formula is C26H17NO2. The topological polar surface area (TPSA) is 39.2 Å². The van der Waals surface area contributed by atoms with Crippen molar-refractivity contribution in [3.05, 3.63) is 90.5 Å². The maximum Gasteiger partial charge on any atom is 0.227 e. The van der Waals surface area contributed by atoms with Crippen molar-refractivity contribution < 1.29 is 8.83 Å². The van der Waals surface area contributed by atoms with Crippen molar-refractivity contribution >= 4 is 33.0 Å². The third-order valence-corrected chi connectivity index (χ3v) is 5.37. The number of aryl methyl sites for hydroxylation is 1. The van der Waals surface area contributed by atoms with Crippen LogP contribution in [0.3, 0.4) is 0 Å². The molecule has 6 rings (SSSR count). The van der Waals surface area contributed by atoms with Crippen LogP contribution in [0.4, 0.5) is 0 Å². The van der Waals surface area contributed by atoms with Crippen LogP contribution in [0.15, 0.2) is 93.8 Å². The Labute approximate surface area is 167 Å². The number of fused-ring (bicyclic) bond motifs is 4. The third kappa shape index (κ3) is 2.63. The van der Waals surface area contributed by atoms with Gasteiger partial charge in [-0.15, -0.1) is 0 Å². The van der Waals surface area contributed by atoms with Crippen LogP contribution in [0.2, 0.25) is 0 Å². The molecule has 138 valence electrons. The van der Waals surface area contributed by atoms with E-state index in [-0.39, 0.29) is 0 Å². The first-order valence-corrected chi connectivity index (χ1v) is 9.64. The first-order chi connectivity index (χ1) is 14.2. The molecule has 3 heteroatoms. The summed E-state index contributed by atoms with van der Waals surface area (Å²) in [4.78, 5) is 4.63. The minimum atomic E-state index is 0.643. The molecule has 0 aliphatic heterocycles. The van der Waals surface area contributed by atoms with Gasteiger partial charge >= 0.3 is 0 Å². The average molecular weight is 375 g/mol. The highest BCUT2D eigenvalue weighted by Crippen LogP contribution is 2.34. The molecule has 0 amide bonds. The molecule has 0 aliphatic carbocycles. The van der Waals surface area contributed by atoms with E-state index in [1.165, 1.54) is 5.56 Å². The van der Waals surface area contributed by atoms with Gasteiger partial charge in [-0.3, -0.25) is 0 Å². The molecule has 0 saturated carbocycles. The fourth-order valence-corrected chi connectivity index (χ4v) is 3.87. The first kappa shape index (κ1) is 16.1. The van der Waals surface area contributed by atoms with Crippen LogP contribution in [0.1, 0.15) is 5.56 Å². The van der Waals surface area contributed by atoms with Crippen molar-refractivity contribution in [2.75, 3.05) is 0 Å². The number of aromatic nitrogens is 1. The van der Waals surface area contributed by atoms with Gasteiger partial charge in [-0.05, 0) is 66.1 Å². The van der Waals surface area contributed by atoms with Gasteiger partial charge in [0.1, 0.15) is 16.7 Å². The number of hydrogen-bond donors (Lipinski definition) is 0. The minimum absolute atomic E-state index is 0.643. The van der Waals surface area contributed by atoms with Gasteiger partial charge in [0, 0.05) is 16.3 Å². The summed E-state index contributed by atoms with van der Waals surface area (Å²) in [5.41, 5.74) is 7.87. The monoisotopic (exact) mass is 375 g/mol. The van der Waals surface area contributed by atoms with E-state index in [1.807, 2.05) is 42.5 Å². The van der Waals surface area contributed by atoms with Gasteiger partial charge in [0.2, 0.25) is 5.89 Å². The Bertz CT molecular complexity index is 1510. The molecule has 3 nitrogen and oxygen atoms in total. The molecule has 2 heterocycles. The number of rotatable bonds is 2. The normalized spacial score (nSPS) is 11.6. The Morgan fingerprint density at radius 3 is 2.31 bits per heavy atom. The molecule has 0 unspecified atom stereocenters. The van der Waals surface area contributed by atoms with Crippen molar-refractivity contribution in [2.24, 2.45) is 0 Å². The summed E-state index contributed by atoms with van der Waals surface area (Å²) in [6.07, 6.45) is 0. The molecule has 0 fully saturated rings. The highest BCUT2D eigenvalue weighted by Gasteiger charge is 2.12. The maximum atomic E-state index is 6.04. The van der Waals surface area contributed by atoms with E-state index in [1.54, 1.807) is 0 Å². The number of oxazole rings is 1. The summed E-state index contributed by atoms with van der Waals surface area (Å²) in [5.74, 6) is 0.643. The number of benzene rings is 4. The van der Waals surface area contributed by atoms with Gasteiger partial charge < -0.3 is 8.83 Å². The van der Waals surface area contributed by atoms with Crippen LogP contribution in [-0.2, 0) is 0 Å². The molecule has 0 saturated heterocycles. The van der Waals surface area contributed by atoms with Gasteiger partial charge in [-0.1, -0.05) is 42.5 Å². The van der Waals surface area contributed by atoms with Gasteiger partial charge in [0.05, 0.1) is 0 Å². The lowest BCUT2D eigenvalue weighted by molar-refractivity contribution is 0.620. The van der Waals surface area contributed by atoms with Crippen molar-refractivity contribution in [1.29, 1.82) is 0 Å². The number of nitrogens with zero attached hydrogens (tertiary/aromatic N) is 1. The summed E-state index contributed by atoms with van der Waals surface area (Å²) in [6, 6.07) is 28.8. The Hall–Kier alpha value is -3.85. The van der Waals surface area contributed by atoms with E-state index in [2.05, 4.69) is 54.4 Å². The average Bonchev–Trinajstić information content (AvgIpc) is 3.34. The molecule has 0 N–H and O–H groups in total. The molecule has 4 aromatic carbocycles. The summed E-state index contributed by atoms with van der Waals surface area (Å²) in [6.45, 7) is 2.08. The lowest BCUT2D eigenvalue weighted by Crippen LogP contribution is -1.78. The zero-order chi connectivity index (χ0) is 19.4. The first-order valence-electron chi connectivity index (χ1n) is 9.64. The maximum absolute atomic E-state index is 6.04. The van der Waals surface area contributed by atoms with Gasteiger partial charge in [0.15, 0.2) is 5.58 Å². The lowest BCUT2D eigenvalue weighted by Gasteiger charge is -2.01. The highest BCUT2D eigenvalue weighted by molar-refractivity contribution is 6.06. The smallest absolute Gasteiger partial charge is 0.227 e. The van der Waals surface area contributed by atoms with E-state index in [0.29, 0.717) is 5.89 Å². The minimum Gasteiger partial charge on any atom is -0.456 e. The van der Waals surface area contributed by atoms with E-state index in [4.69, 9.17) is 8.83 Å².